The largest absolute Gasteiger partial charge is 0.490 e. The molecule has 0 bridgehead atoms. The van der Waals surface area contributed by atoms with Gasteiger partial charge in [-0.1, -0.05) is 0 Å². The van der Waals surface area contributed by atoms with E-state index in [1.54, 1.807) is 0 Å². The van der Waals surface area contributed by atoms with Gasteiger partial charge < -0.3 is 15.2 Å². The number of nitrogens with one attached hydrogen (secondary N) is 1. The summed E-state index contributed by atoms with van der Waals surface area (Å²) in [6.45, 7) is 0.0149. The summed E-state index contributed by atoms with van der Waals surface area (Å²) in [5.41, 5.74) is -1.11. The molecular formula is C13H14N2O6. The fourth-order valence-electron chi connectivity index (χ4n) is 1.94. The van der Waals surface area contributed by atoms with Crippen molar-refractivity contribution in [2.24, 2.45) is 5.41 Å². The number of amides is 1. The number of hydrogen-bond acceptors (Lipinski definition) is 5. The van der Waals surface area contributed by atoms with Crippen LogP contribution in [0, 0.1) is 15.5 Å². The van der Waals surface area contributed by atoms with Crippen LogP contribution in [0.15, 0.2) is 18.2 Å². The second-order valence-corrected chi connectivity index (χ2v) is 4.91. The number of carboxylic acid groups (broad SMARTS) is 1. The molecule has 0 radical (unpaired) electrons. The van der Waals surface area contributed by atoms with Crippen molar-refractivity contribution in [2.45, 2.75) is 12.8 Å². The number of nitro benzene ring substituents is 1. The van der Waals surface area contributed by atoms with Crippen LogP contribution in [0.25, 0.3) is 0 Å². The van der Waals surface area contributed by atoms with Crippen LogP contribution in [-0.2, 0) is 4.79 Å². The molecule has 8 nitrogen and oxygen atoms in total. The minimum absolute atomic E-state index is 0.0149. The molecule has 0 unspecified atom stereocenters. The van der Waals surface area contributed by atoms with E-state index < -0.39 is 22.2 Å². The molecule has 8 heteroatoms. The normalized spacial score (nSPS) is 15.1. The number of carbonyl (C=O) groups excluding carboxylic acids is 1. The van der Waals surface area contributed by atoms with Crippen LogP contribution in [0.4, 0.5) is 5.69 Å². The highest BCUT2D eigenvalue weighted by Gasteiger charge is 2.50. The molecule has 1 amide bonds. The summed E-state index contributed by atoms with van der Waals surface area (Å²) < 4.78 is 4.85. The maximum atomic E-state index is 11.9. The molecule has 0 spiro atoms. The first kappa shape index (κ1) is 14.8. The molecule has 0 heterocycles. The van der Waals surface area contributed by atoms with E-state index in [-0.39, 0.29) is 23.5 Å². The van der Waals surface area contributed by atoms with Gasteiger partial charge in [0.2, 0.25) is 0 Å². The Bertz CT molecular complexity index is 609. The number of carbonyl (C=O) groups is 2. The van der Waals surface area contributed by atoms with Gasteiger partial charge in [0.15, 0.2) is 5.75 Å². The number of methoxy groups -OCH3 is 1. The number of carboxylic acids is 1. The number of hydrogen-bond donors (Lipinski definition) is 2. The topological polar surface area (TPSA) is 119 Å². The van der Waals surface area contributed by atoms with Crippen molar-refractivity contribution in [2.75, 3.05) is 13.7 Å². The van der Waals surface area contributed by atoms with Crippen molar-refractivity contribution in [3.05, 3.63) is 33.9 Å². The number of nitro groups is 1. The molecule has 1 fully saturated rings. The Labute approximate surface area is 119 Å². The lowest BCUT2D eigenvalue weighted by Gasteiger charge is -2.11. The fraction of sp³-hybridized carbons (Fsp3) is 0.385. The third-order valence-electron chi connectivity index (χ3n) is 3.53. The van der Waals surface area contributed by atoms with Gasteiger partial charge in [-0.05, 0) is 25.0 Å². The molecule has 0 atom stereocenters. The van der Waals surface area contributed by atoms with Crippen LogP contribution >= 0.6 is 0 Å². The van der Waals surface area contributed by atoms with E-state index in [9.17, 15) is 19.7 Å². The predicted octanol–water partition coefficient (Wildman–Crippen LogP) is 1.20. The minimum Gasteiger partial charge on any atom is -0.490 e. The van der Waals surface area contributed by atoms with Gasteiger partial charge >= 0.3 is 11.7 Å². The number of aliphatic carboxylic acids is 1. The Morgan fingerprint density at radius 3 is 2.62 bits per heavy atom. The van der Waals surface area contributed by atoms with Crippen LogP contribution in [0.3, 0.4) is 0 Å². The number of nitrogens with zero attached hydrogens (tertiary/aromatic N) is 1. The number of rotatable bonds is 6. The Hall–Kier alpha value is -2.64. The minimum atomic E-state index is -0.941. The van der Waals surface area contributed by atoms with Gasteiger partial charge in [-0.2, -0.15) is 0 Å². The van der Waals surface area contributed by atoms with Crippen LogP contribution in [0.2, 0.25) is 0 Å². The lowest BCUT2D eigenvalue weighted by molar-refractivity contribution is -0.385. The van der Waals surface area contributed by atoms with E-state index in [4.69, 9.17) is 9.84 Å². The molecule has 0 aromatic heterocycles. The molecular weight excluding hydrogens is 280 g/mol. The number of ether oxygens (including phenoxy) is 1. The molecule has 1 aromatic carbocycles. The van der Waals surface area contributed by atoms with Crippen molar-refractivity contribution in [3.63, 3.8) is 0 Å². The van der Waals surface area contributed by atoms with Crippen LogP contribution in [0.1, 0.15) is 23.2 Å². The van der Waals surface area contributed by atoms with E-state index in [1.807, 2.05) is 0 Å². The van der Waals surface area contributed by atoms with Crippen LogP contribution in [0.5, 0.6) is 5.75 Å². The zero-order chi connectivity index (χ0) is 15.6. The molecule has 21 heavy (non-hydrogen) atoms. The maximum Gasteiger partial charge on any atom is 0.311 e. The quantitative estimate of drug-likeness (QED) is 0.601. The van der Waals surface area contributed by atoms with Gasteiger partial charge in [0.05, 0.1) is 17.4 Å². The van der Waals surface area contributed by atoms with Gasteiger partial charge in [0.1, 0.15) is 0 Å². The summed E-state index contributed by atoms with van der Waals surface area (Å²) in [5, 5.41) is 22.4. The Kier molecular flexibility index (Phi) is 3.79. The first-order valence-electron chi connectivity index (χ1n) is 6.24. The molecule has 1 saturated carbocycles. The maximum absolute atomic E-state index is 11.9. The lowest BCUT2D eigenvalue weighted by Crippen LogP contribution is -2.34. The van der Waals surface area contributed by atoms with Gasteiger partial charge in [-0.25, -0.2) is 0 Å². The van der Waals surface area contributed by atoms with Crippen molar-refractivity contribution < 1.29 is 24.4 Å². The SMILES string of the molecule is COc1ccc(C(=O)NCC2(C(=O)O)CC2)cc1[N+](=O)[O-]. The van der Waals surface area contributed by atoms with Gasteiger partial charge in [-0.15, -0.1) is 0 Å². The average Bonchev–Trinajstić information content (AvgIpc) is 3.25. The van der Waals surface area contributed by atoms with Crippen LogP contribution < -0.4 is 10.1 Å². The number of benzene rings is 1. The van der Waals surface area contributed by atoms with E-state index in [0.717, 1.165) is 6.07 Å². The molecule has 1 aliphatic rings. The van der Waals surface area contributed by atoms with Gasteiger partial charge in [-0.3, -0.25) is 19.7 Å². The third kappa shape index (κ3) is 2.93. The Morgan fingerprint density at radius 2 is 2.14 bits per heavy atom. The van der Waals surface area contributed by atoms with E-state index in [0.29, 0.717) is 12.8 Å². The summed E-state index contributed by atoms with van der Waals surface area (Å²) in [6.07, 6.45) is 1.04. The summed E-state index contributed by atoms with van der Waals surface area (Å²) in [6, 6.07) is 3.83. The standard InChI is InChI=1S/C13H14N2O6/c1-21-10-3-2-8(6-9(10)15(19)20)11(16)14-7-13(4-5-13)12(17)18/h2-3,6H,4-5,7H2,1H3,(H,14,16)(H,17,18). The van der Waals surface area contributed by atoms with Gasteiger partial charge in [0, 0.05) is 18.2 Å². The fourth-order valence-corrected chi connectivity index (χ4v) is 1.94. The second kappa shape index (κ2) is 5.39. The first-order valence-corrected chi connectivity index (χ1v) is 6.24. The van der Waals surface area contributed by atoms with E-state index in [1.165, 1.54) is 19.2 Å². The summed E-state index contributed by atoms with van der Waals surface area (Å²) >= 11 is 0. The van der Waals surface area contributed by atoms with Crippen molar-refractivity contribution in [3.8, 4) is 5.75 Å². The van der Waals surface area contributed by atoms with Crippen molar-refractivity contribution in [1.29, 1.82) is 0 Å². The zero-order valence-corrected chi connectivity index (χ0v) is 11.3. The second-order valence-electron chi connectivity index (χ2n) is 4.91. The van der Waals surface area contributed by atoms with Crippen LogP contribution in [-0.4, -0.2) is 35.6 Å². The highest BCUT2D eigenvalue weighted by molar-refractivity contribution is 5.95. The molecule has 0 aliphatic heterocycles. The third-order valence-corrected chi connectivity index (χ3v) is 3.53. The van der Waals surface area contributed by atoms with Crippen molar-refractivity contribution in [1.82, 2.24) is 5.32 Å². The Morgan fingerprint density at radius 1 is 1.48 bits per heavy atom. The van der Waals surface area contributed by atoms with Crippen molar-refractivity contribution >= 4 is 17.6 Å². The van der Waals surface area contributed by atoms with E-state index in [2.05, 4.69) is 5.32 Å². The molecule has 0 saturated heterocycles. The molecule has 1 aliphatic carbocycles. The summed E-state index contributed by atoms with van der Waals surface area (Å²) in [7, 11) is 1.30. The lowest BCUT2D eigenvalue weighted by atomic mass is 10.1. The molecule has 2 rings (SSSR count). The summed E-state index contributed by atoms with van der Waals surface area (Å²) in [5.74, 6) is -1.43. The molecule has 2 N–H and O–H groups in total. The zero-order valence-electron chi connectivity index (χ0n) is 11.3. The van der Waals surface area contributed by atoms with E-state index >= 15 is 0 Å². The highest BCUT2D eigenvalue weighted by atomic mass is 16.6. The smallest absolute Gasteiger partial charge is 0.311 e. The predicted molar refractivity (Wildman–Crippen MR) is 71.3 cm³/mol. The molecule has 112 valence electrons. The average molecular weight is 294 g/mol. The highest BCUT2D eigenvalue weighted by Crippen LogP contribution is 2.45. The first-order chi connectivity index (χ1) is 9.89. The summed E-state index contributed by atoms with van der Waals surface area (Å²) in [4.78, 5) is 33.2. The Balaban J connectivity index is 2.11. The molecule has 1 aromatic rings. The van der Waals surface area contributed by atoms with Gasteiger partial charge in [0.25, 0.3) is 5.91 Å². The monoisotopic (exact) mass is 294 g/mol.